The molecule has 0 aromatic carbocycles. The molecule has 1 aromatic rings. The molecule has 1 aromatic heterocycles. The van der Waals surface area contributed by atoms with Gasteiger partial charge in [-0.05, 0) is 5.92 Å². The van der Waals surface area contributed by atoms with Gasteiger partial charge < -0.3 is 10.1 Å². The third-order valence-electron chi connectivity index (χ3n) is 2.55. The third kappa shape index (κ3) is 2.84. The molecule has 0 radical (unpaired) electrons. The molecule has 0 aliphatic carbocycles. The molecule has 0 saturated heterocycles. The van der Waals surface area contributed by atoms with Crippen molar-refractivity contribution in [2.24, 2.45) is 5.92 Å². The van der Waals surface area contributed by atoms with E-state index < -0.39 is 0 Å². The highest BCUT2D eigenvalue weighted by atomic mass is 16.3. The number of imidazole rings is 1. The lowest BCUT2D eigenvalue weighted by Crippen LogP contribution is -2.22. The summed E-state index contributed by atoms with van der Waals surface area (Å²) in [6.45, 7) is 4.22. The quantitative estimate of drug-likeness (QED) is 0.728. The van der Waals surface area contributed by atoms with Gasteiger partial charge >= 0.3 is 0 Å². The van der Waals surface area contributed by atoms with E-state index in [1.807, 2.05) is 0 Å². The Hall–Kier alpha value is -0.830. The van der Waals surface area contributed by atoms with Crippen LogP contribution in [0.25, 0.3) is 0 Å². The fraction of sp³-hybridized carbons (Fsp3) is 0.700. The largest absolute Gasteiger partial charge is 0.392 e. The summed E-state index contributed by atoms with van der Waals surface area (Å²) in [5.74, 6) is 1.27. The number of aromatic nitrogens is 2. The number of rotatable bonds is 5. The highest BCUT2D eigenvalue weighted by Gasteiger charge is 2.16. The first-order valence-electron chi connectivity index (χ1n) is 4.94. The van der Waals surface area contributed by atoms with E-state index in [0.29, 0.717) is 12.3 Å². The van der Waals surface area contributed by atoms with Crippen LogP contribution in [0.4, 0.5) is 0 Å². The van der Waals surface area contributed by atoms with Crippen LogP contribution >= 0.6 is 0 Å². The van der Waals surface area contributed by atoms with Crippen molar-refractivity contribution >= 4 is 0 Å². The fourth-order valence-electron chi connectivity index (χ4n) is 1.61. The molecule has 1 atom stereocenters. The Morgan fingerprint density at radius 2 is 2.15 bits per heavy atom. The molecule has 0 spiro atoms. The Kier molecular flexibility index (Phi) is 3.96. The zero-order valence-electron chi connectivity index (χ0n) is 8.33. The van der Waals surface area contributed by atoms with E-state index in [1.165, 1.54) is 0 Å². The van der Waals surface area contributed by atoms with Crippen molar-refractivity contribution in [1.82, 2.24) is 9.97 Å². The molecule has 1 rings (SSSR count). The number of aromatic amines is 1. The summed E-state index contributed by atoms with van der Waals surface area (Å²) in [6, 6.07) is 0. The Balaban J connectivity index is 2.44. The van der Waals surface area contributed by atoms with Crippen molar-refractivity contribution < 1.29 is 5.11 Å². The van der Waals surface area contributed by atoms with E-state index in [0.717, 1.165) is 18.7 Å². The molecular formula is C10H18N2O. The molecule has 13 heavy (non-hydrogen) atoms. The summed E-state index contributed by atoms with van der Waals surface area (Å²) in [4.78, 5) is 7.09. The third-order valence-corrected chi connectivity index (χ3v) is 2.55. The zero-order chi connectivity index (χ0) is 9.68. The van der Waals surface area contributed by atoms with Crippen LogP contribution in [0.5, 0.6) is 0 Å². The number of H-pyrrole nitrogens is 1. The molecule has 2 N–H and O–H groups in total. The first-order chi connectivity index (χ1) is 6.27. The monoisotopic (exact) mass is 182 g/mol. The minimum atomic E-state index is -0.263. The molecule has 0 fully saturated rings. The second-order valence-electron chi connectivity index (χ2n) is 3.38. The SMILES string of the molecule is CCC(CC)C(O)Cc1ncc[nH]1. The van der Waals surface area contributed by atoms with E-state index in [1.54, 1.807) is 12.4 Å². The van der Waals surface area contributed by atoms with Crippen LogP contribution in [0, 0.1) is 5.92 Å². The van der Waals surface area contributed by atoms with Gasteiger partial charge in [-0.1, -0.05) is 26.7 Å². The number of aliphatic hydroxyl groups is 1. The summed E-state index contributed by atoms with van der Waals surface area (Å²) in [5.41, 5.74) is 0. The van der Waals surface area contributed by atoms with Gasteiger partial charge in [-0.2, -0.15) is 0 Å². The molecule has 0 amide bonds. The van der Waals surface area contributed by atoms with Gasteiger partial charge in [-0.25, -0.2) is 4.98 Å². The minimum Gasteiger partial charge on any atom is -0.392 e. The maximum atomic E-state index is 9.82. The van der Waals surface area contributed by atoms with Gasteiger partial charge in [0, 0.05) is 18.8 Å². The predicted octanol–water partition coefficient (Wildman–Crippen LogP) is 1.75. The van der Waals surface area contributed by atoms with Crippen molar-refractivity contribution in [3.8, 4) is 0 Å². The summed E-state index contributed by atoms with van der Waals surface area (Å²) in [7, 11) is 0. The van der Waals surface area contributed by atoms with E-state index >= 15 is 0 Å². The first-order valence-corrected chi connectivity index (χ1v) is 4.94. The second-order valence-corrected chi connectivity index (χ2v) is 3.38. The van der Waals surface area contributed by atoms with Crippen molar-refractivity contribution in [2.45, 2.75) is 39.2 Å². The van der Waals surface area contributed by atoms with Gasteiger partial charge in [0.1, 0.15) is 5.82 Å². The maximum absolute atomic E-state index is 9.82. The van der Waals surface area contributed by atoms with Crippen molar-refractivity contribution in [3.05, 3.63) is 18.2 Å². The Morgan fingerprint density at radius 1 is 1.46 bits per heavy atom. The van der Waals surface area contributed by atoms with Gasteiger partial charge in [-0.15, -0.1) is 0 Å². The standard InChI is InChI=1S/C10H18N2O/c1-3-8(4-2)9(13)7-10-11-5-6-12-10/h5-6,8-9,13H,3-4,7H2,1-2H3,(H,11,12). The van der Waals surface area contributed by atoms with Gasteiger partial charge in [0.05, 0.1) is 6.10 Å². The van der Waals surface area contributed by atoms with Crippen LogP contribution in [-0.4, -0.2) is 21.2 Å². The number of hydrogen-bond donors (Lipinski definition) is 2. The van der Waals surface area contributed by atoms with E-state index in [4.69, 9.17) is 0 Å². The number of aliphatic hydroxyl groups excluding tert-OH is 1. The van der Waals surface area contributed by atoms with Crippen LogP contribution in [0.15, 0.2) is 12.4 Å². The van der Waals surface area contributed by atoms with Gasteiger partial charge in [0.25, 0.3) is 0 Å². The van der Waals surface area contributed by atoms with Crippen molar-refractivity contribution in [3.63, 3.8) is 0 Å². The molecule has 0 aliphatic heterocycles. The van der Waals surface area contributed by atoms with Crippen LogP contribution in [0.2, 0.25) is 0 Å². The average Bonchev–Trinajstić information content (AvgIpc) is 2.59. The lowest BCUT2D eigenvalue weighted by atomic mass is 9.94. The molecule has 0 bridgehead atoms. The van der Waals surface area contributed by atoms with E-state index in [9.17, 15) is 5.11 Å². The molecule has 0 aliphatic rings. The topological polar surface area (TPSA) is 48.9 Å². The van der Waals surface area contributed by atoms with Crippen LogP contribution in [-0.2, 0) is 6.42 Å². The highest BCUT2D eigenvalue weighted by molar-refractivity contribution is 4.90. The first kappa shape index (κ1) is 10.3. The Morgan fingerprint density at radius 3 is 2.62 bits per heavy atom. The minimum absolute atomic E-state index is 0.263. The Bertz CT molecular complexity index is 217. The molecule has 0 saturated carbocycles. The zero-order valence-corrected chi connectivity index (χ0v) is 8.33. The van der Waals surface area contributed by atoms with Gasteiger partial charge in [0.15, 0.2) is 0 Å². The maximum Gasteiger partial charge on any atom is 0.108 e. The smallest absolute Gasteiger partial charge is 0.108 e. The number of nitrogens with one attached hydrogen (secondary N) is 1. The molecule has 1 unspecified atom stereocenters. The van der Waals surface area contributed by atoms with Crippen LogP contribution in [0.1, 0.15) is 32.5 Å². The second kappa shape index (κ2) is 5.02. The number of nitrogens with zero attached hydrogens (tertiary/aromatic N) is 1. The van der Waals surface area contributed by atoms with E-state index in [-0.39, 0.29) is 6.10 Å². The lowest BCUT2D eigenvalue weighted by Gasteiger charge is -2.18. The molecule has 3 heteroatoms. The molecule has 3 nitrogen and oxygen atoms in total. The Labute approximate surface area is 79.2 Å². The summed E-state index contributed by atoms with van der Waals surface area (Å²) < 4.78 is 0. The lowest BCUT2D eigenvalue weighted by molar-refractivity contribution is 0.101. The summed E-state index contributed by atoms with van der Waals surface area (Å²) in [5, 5.41) is 9.82. The van der Waals surface area contributed by atoms with Gasteiger partial charge in [-0.3, -0.25) is 0 Å². The van der Waals surface area contributed by atoms with Crippen molar-refractivity contribution in [2.75, 3.05) is 0 Å². The summed E-state index contributed by atoms with van der Waals surface area (Å²) >= 11 is 0. The molecular weight excluding hydrogens is 164 g/mol. The van der Waals surface area contributed by atoms with Crippen LogP contribution in [0.3, 0.4) is 0 Å². The molecule has 1 heterocycles. The van der Waals surface area contributed by atoms with Crippen LogP contribution < -0.4 is 0 Å². The average molecular weight is 182 g/mol. The van der Waals surface area contributed by atoms with Crippen molar-refractivity contribution in [1.29, 1.82) is 0 Å². The normalized spacial score (nSPS) is 13.5. The highest BCUT2D eigenvalue weighted by Crippen LogP contribution is 2.15. The number of hydrogen-bond acceptors (Lipinski definition) is 2. The van der Waals surface area contributed by atoms with E-state index in [2.05, 4.69) is 23.8 Å². The fourth-order valence-corrected chi connectivity index (χ4v) is 1.61. The van der Waals surface area contributed by atoms with Gasteiger partial charge in [0.2, 0.25) is 0 Å². The molecule has 74 valence electrons. The summed E-state index contributed by atoms with van der Waals surface area (Å²) in [6.07, 6.45) is 5.93. The predicted molar refractivity (Wildman–Crippen MR) is 52.4 cm³/mol.